The molecule has 0 radical (unpaired) electrons. The summed E-state index contributed by atoms with van der Waals surface area (Å²) in [5, 5.41) is 111. The van der Waals surface area contributed by atoms with Crippen molar-refractivity contribution >= 4 is 154 Å². The Labute approximate surface area is 775 Å². The number of aromatic carboxylic acids is 5. The van der Waals surface area contributed by atoms with E-state index in [1.807, 2.05) is 19.1 Å². The number of nitrogens with zero attached hydrogens (tertiary/aromatic N) is 13. The van der Waals surface area contributed by atoms with E-state index in [9.17, 15) is 91.5 Å². The highest BCUT2D eigenvalue weighted by molar-refractivity contribution is 9.10. The SMILES string of the molecule is CNC(=O)c1cc(C(=O)Nc2n[nH]c(-c3ccncc3)c2C(=O)O)ccn1.Cc1ccc(-c2[nH]nc(NC(=O)c3cccc(S(N)(=O)=O)c3)c2C(=O)O)cc1.Cc1ncc(-c2[nH]nc(NC(=O)c3ccc(Br)cc3)c2C(=O)O)cn1.N#Cc1cc(C(=O)Nc2n[nH]c(-c3cc(NC(N)=O)ccn3)c2C(=O)O)ccn1.[C-]#[N+]c1cccc(-c2[nH]nc(NC(=O)c3ccc(Br)cc3)c2C(=O)O)c1. The van der Waals surface area contributed by atoms with Gasteiger partial charge in [-0.25, -0.2) is 62.1 Å². The number of rotatable bonds is 23. The molecule has 46 nitrogen and oxygen atoms in total. The molecule has 0 saturated heterocycles. The van der Waals surface area contributed by atoms with Crippen molar-refractivity contribution in [3.63, 3.8) is 0 Å². The summed E-state index contributed by atoms with van der Waals surface area (Å²) in [6, 6.07) is 44.3. The lowest BCUT2D eigenvalue weighted by Gasteiger charge is -2.06. The van der Waals surface area contributed by atoms with Crippen molar-refractivity contribution in [1.29, 1.82) is 5.26 Å². The third-order valence-electron chi connectivity index (χ3n) is 18.2. The van der Waals surface area contributed by atoms with E-state index in [-0.39, 0.29) is 124 Å². The first kappa shape index (κ1) is 96.7. The van der Waals surface area contributed by atoms with E-state index < -0.39 is 81.3 Å². The van der Waals surface area contributed by atoms with E-state index in [1.165, 1.54) is 105 Å². The van der Waals surface area contributed by atoms with Crippen molar-refractivity contribution in [2.75, 3.05) is 38.9 Å². The van der Waals surface area contributed by atoms with Gasteiger partial charge in [0.25, 0.3) is 35.4 Å². The van der Waals surface area contributed by atoms with Gasteiger partial charge in [-0.1, -0.05) is 86.0 Å². The molecule has 10 heterocycles. The fourth-order valence-electron chi connectivity index (χ4n) is 11.9. The van der Waals surface area contributed by atoms with Crippen LogP contribution < -0.4 is 48.1 Å². The molecule has 8 amide bonds. The molecule has 678 valence electrons. The molecule has 0 aliphatic heterocycles. The molecular weight excluding hydrogens is 1910 g/mol. The maximum Gasteiger partial charge on any atom is 0.341 e. The third-order valence-corrected chi connectivity index (χ3v) is 20.2. The molecule has 15 rings (SSSR count). The van der Waals surface area contributed by atoms with Gasteiger partial charge in [0.05, 0.1) is 39.9 Å². The summed E-state index contributed by atoms with van der Waals surface area (Å²) in [5.41, 5.74) is 9.90. The number of hydrogen-bond acceptors (Lipinski definition) is 26. The molecule has 0 bridgehead atoms. The normalized spacial score (nSPS) is 10.4. The van der Waals surface area contributed by atoms with Crippen molar-refractivity contribution in [3.05, 3.63) is 312 Å². The monoisotopic (exact) mass is 1970 g/mol. The number of aromatic nitrogens is 16. The van der Waals surface area contributed by atoms with E-state index >= 15 is 0 Å². The molecule has 135 heavy (non-hydrogen) atoms. The number of anilines is 6. The Morgan fingerprint density at radius 2 is 0.830 bits per heavy atom. The number of carboxylic acids is 5. The number of H-pyrrole nitrogens is 5. The predicted octanol–water partition coefficient (Wildman–Crippen LogP) is 11.6. The quantitative estimate of drug-likeness (QED) is 0.0264. The molecule has 15 aromatic rings. The number of nitriles is 1. The van der Waals surface area contributed by atoms with Crippen LogP contribution in [0.15, 0.2) is 227 Å². The Bertz CT molecular complexity index is 7320. The van der Waals surface area contributed by atoms with Gasteiger partial charge in [-0.15, -0.1) is 0 Å². The number of benzene rings is 5. The maximum atomic E-state index is 12.5. The van der Waals surface area contributed by atoms with Crippen LogP contribution in [0.3, 0.4) is 0 Å². The molecule has 0 spiro atoms. The first-order valence-corrected chi connectivity index (χ1v) is 41.2. The smallest absolute Gasteiger partial charge is 0.341 e. The van der Waals surface area contributed by atoms with Crippen LogP contribution in [-0.2, 0) is 10.0 Å². The zero-order chi connectivity index (χ0) is 97.5. The van der Waals surface area contributed by atoms with Gasteiger partial charge >= 0.3 is 35.9 Å². The van der Waals surface area contributed by atoms with Crippen LogP contribution in [-0.4, -0.2) is 193 Å². The number of nitrogens with two attached hydrogens (primary N) is 2. The number of carboxylic acid groups (broad SMARTS) is 5. The van der Waals surface area contributed by atoms with Gasteiger partial charge in [-0.2, -0.15) is 30.8 Å². The van der Waals surface area contributed by atoms with Crippen LogP contribution in [0.1, 0.15) is 131 Å². The number of urea groups is 1. The second-order valence-corrected chi connectivity index (χ2v) is 30.6. The first-order valence-electron chi connectivity index (χ1n) is 38.1. The van der Waals surface area contributed by atoms with Gasteiger partial charge in [-0.05, 0) is 141 Å². The largest absolute Gasteiger partial charge is 0.477 e. The van der Waals surface area contributed by atoms with E-state index in [4.69, 9.17) is 22.7 Å². The van der Waals surface area contributed by atoms with Crippen LogP contribution >= 0.6 is 31.9 Å². The van der Waals surface area contributed by atoms with Crippen molar-refractivity contribution in [3.8, 4) is 62.5 Å². The number of aryl methyl sites for hydroxylation is 2. The summed E-state index contributed by atoms with van der Waals surface area (Å²) >= 11 is 6.57. The van der Waals surface area contributed by atoms with Crippen molar-refractivity contribution in [2.24, 2.45) is 10.9 Å². The molecule has 0 fully saturated rings. The second-order valence-electron chi connectivity index (χ2n) is 27.2. The van der Waals surface area contributed by atoms with Crippen molar-refractivity contribution in [2.45, 2.75) is 18.7 Å². The summed E-state index contributed by atoms with van der Waals surface area (Å²) in [5.74, 6) is -9.98. The van der Waals surface area contributed by atoms with Crippen LogP contribution in [0.2, 0.25) is 0 Å². The Kier molecular flexibility index (Phi) is 31.4. The fraction of sp³-hybridized carbons (Fsp3) is 0.0349. The molecule has 5 aromatic carbocycles. The molecule has 0 aliphatic rings. The highest BCUT2D eigenvalue weighted by Crippen LogP contribution is 2.34. The summed E-state index contributed by atoms with van der Waals surface area (Å²) in [6.07, 6.45) is 9.93. The number of primary sulfonamides is 1. The summed E-state index contributed by atoms with van der Waals surface area (Å²) in [7, 11) is -2.54. The van der Waals surface area contributed by atoms with Gasteiger partial charge in [-0.3, -0.25) is 69.2 Å². The number of hydrogen-bond donors (Lipinski definition) is 19. The average molecular weight is 1970 g/mol. The van der Waals surface area contributed by atoms with Crippen LogP contribution in [0.4, 0.5) is 45.3 Å². The molecular formula is C86H65Br2N27O19S. The molecule has 0 aliphatic carbocycles. The van der Waals surface area contributed by atoms with E-state index in [2.05, 4.69) is 155 Å². The molecule has 21 N–H and O–H groups in total. The van der Waals surface area contributed by atoms with E-state index in [0.717, 1.165) is 20.6 Å². The average Bonchev–Trinajstić information content (AvgIpc) is 1.69. The van der Waals surface area contributed by atoms with Gasteiger partial charge < -0.3 is 68.5 Å². The Hall–Kier alpha value is -18.9. The Balaban J connectivity index is 0.000000162. The predicted molar refractivity (Wildman–Crippen MR) is 487 cm³/mol. The minimum absolute atomic E-state index is 0.00774. The number of aromatic amines is 5. The first-order chi connectivity index (χ1) is 64.5. The van der Waals surface area contributed by atoms with Gasteiger partial charge in [0.15, 0.2) is 34.8 Å². The molecule has 0 unspecified atom stereocenters. The Morgan fingerprint density at radius 3 is 1.27 bits per heavy atom. The lowest BCUT2D eigenvalue weighted by Crippen LogP contribution is -2.21. The molecule has 0 atom stereocenters. The highest BCUT2D eigenvalue weighted by Gasteiger charge is 2.30. The third kappa shape index (κ3) is 24.7. The lowest BCUT2D eigenvalue weighted by atomic mass is 10.1. The zero-order valence-corrected chi connectivity index (χ0v) is 73.3. The molecule has 0 saturated carbocycles. The van der Waals surface area contributed by atoms with Gasteiger partial charge in [0.2, 0.25) is 10.0 Å². The van der Waals surface area contributed by atoms with E-state index in [1.54, 1.807) is 110 Å². The minimum Gasteiger partial charge on any atom is -0.477 e. The topological polar surface area (TPSA) is 725 Å². The molecule has 49 heteroatoms. The number of amides is 8. The summed E-state index contributed by atoms with van der Waals surface area (Å²) in [4.78, 5) is 170. The highest BCUT2D eigenvalue weighted by atomic mass is 79.9. The number of carbonyl (C=O) groups excluding carboxylic acids is 7. The van der Waals surface area contributed by atoms with Crippen molar-refractivity contribution < 1.29 is 91.5 Å². The number of primary amides is 1. The number of pyridine rings is 4. The summed E-state index contributed by atoms with van der Waals surface area (Å²) < 4.78 is 24.5. The van der Waals surface area contributed by atoms with Gasteiger partial charge in [0, 0.05) is 110 Å². The fourth-order valence-corrected chi connectivity index (χ4v) is 13.0. The van der Waals surface area contributed by atoms with Gasteiger partial charge in [0.1, 0.15) is 56.8 Å². The number of nitrogens with one attached hydrogen (secondary N) is 12. The van der Waals surface area contributed by atoms with Crippen LogP contribution in [0.25, 0.3) is 61.3 Å². The summed E-state index contributed by atoms with van der Waals surface area (Å²) in [6.45, 7) is 10.7. The van der Waals surface area contributed by atoms with Crippen LogP contribution in [0, 0.1) is 31.8 Å². The lowest BCUT2D eigenvalue weighted by molar-refractivity contribution is 0.0687. The number of sulfonamides is 1. The Morgan fingerprint density at radius 1 is 0.422 bits per heavy atom. The van der Waals surface area contributed by atoms with Crippen molar-refractivity contribution in [1.82, 2.24) is 86.2 Å². The minimum atomic E-state index is -3.98. The maximum absolute atomic E-state index is 12.5. The molecule has 10 aromatic heterocycles. The number of carbonyl (C=O) groups is 12. The van der Waals surface area contributed by atoms with Crippen LogP contribution in [0.5, 0.6) is 0 Å². The van der Waals surface area contributed by atoms with E-state index in [0.29, 0.717) is 50.6 Å². The second kappa shape index (κ2) is 43.7. The standard InChI is InChI=1S/C18H11BrN4O3.C18H16N4O5S.C17H12N8O4.C17H14N6O4.C16H12BrN5O3/c1-20-13-4-2-3-11(9-13)15-14(18(25)26)16(23-22-15)21-17(24)10-5-7-12(19)8-6-10;1-10-5-7-11(8-6-10)15-14(18(24)25)16(22-21-15)20-17(23)12-3-2-4-13(9-12)28(19,26)27;18-7-10-5-8(1-3-20-10)15(26)23-14-12(16(27)28)13(24-25-14)11-6-9(2-4-21-11)22-17(19)29;1-18-16(25)11-8-10(4-7-20-11)15(24)21-14-12(17(26)27)13(22-23-14)9-2-5-19-6-3-9;1-8-18-6-10(7-19-8)13-12(16(24)25)14(22-21-13)20-15(23)9-2-4-11(17)5-3-9/h2-9H,(H,25,26)(H2,21,22,23,24);2-9H,1H3,(H,24,25)(H2,19,26,27)(H2,20,21,22,23);1-6H,(H,27,28)(H3,19,21,22,29)(H2,23,24,25,26);2-8H,1H3,(H,18,25)(H,26,27)(H2,21,22,23,24);2-7H,1H3,(H,24,25)(H2,20,21,22,23). The number of halogens is 2. The zero-order valence-electron chi connectivity index (χ0n) is 69.3.